The molecule has 2 heterocycles. The van der Waals surface area contributed by atoms with Crippen LogP contribution in [-0.2, 0) is 9.59 Å². The van der Waals surface area contributed by atoms with Crippen LogP contribution >= 0.6 is 23.1 Å². The summed E-state index contributed by atoms with van der Waals surface area (Å²) in [5.41, 5.74) is 0.482. The van der Waals surface area contributed by atoms with Crippen molar-refractivity contribution >= 4 is 40.5 Å². The van der Waals surface area contributed by atoms with Gasteiger partial charge in [0.1, 0.15) is 0 Å². The molecule has 0 spiro atoms. The van der Waals surface area contributed by atoms with E-state index in [4.69, 9.17) is 5.11 Å². The number of hydrogen-bond donors (Lipinski definition) is 1. The van der Waals surface area contributed by atoms with Crippen molar-refractivity contribution < 1.29 is 14.7 Å². The Morgan fingerprint density at radius 1 is 1.39 bits per heavy atom. The van der Waals surface area contributed by atoms with Gasteiger partial charge < -0.3 is 5.11 Å². The summed E-state index contributed by atoms with van der Waals surface area (Å²) in [6.07, 6.45) is 0. The Kier molecular flexibility index (Phi) is 4.21. The average Bonchev–Trinajstić information content (AvgIpc) is 2.94. The molecule has 1 aromatic rings. The first-order valence-electron chi connectivity index (χ1n) is 5.58. The number of carbonyl (C=O) groups excluding carboxylic acids is 2. The van der Waals surface area contributed by atoms with Gasteiger partial charge in [-0.1, -0.05) is 6.07 Å². The normalized spacial score (nSPS) is 16.0. The van der Waals surface area contributed by atoms with E-state index in [1.165, 1.54) is 28.0 Å². The van der Waals surface area contributed by atoms with Crippen LogP contribution in [0.1, 0.15) is 11.8 Å². The number of likely N-dealkylation sites (N-methyl/N-ethyl adjacent to an activating group) is 1. The van der Waals surface area contributed by atoms with Crippen LogP contribution in [0.4, 0.5) is 0 Å². The van der Waals surface area contributed by atoms with Crippen LogP contribution in [0.5, 0.6) is 0 Å². The molecule has 6 heteroatoms. The summed E-state index contributed by atoms with van der Waals surface area (Å²) in [6.45, 7) is 2.14. The quantitative estimate of drug-likeness (QED) is 0.833. The number of carbonyl (C=O) groups is 2. The Hall–Kier alpha value is -1.11. The third-order valence-corrected chi connectivity index (χ3v) is 4.49. The maximum Gasteiger partial charge on any atom is 0.268 e. The van der Waals surface area contributed by atoms with Gasteiger partial charge in [-0.25, -0.2) is 0 Å². The predicted octanol–water partition coefficient (Wildman–Crippen LogP) is 1.57. The Bertz CT molecular complexity index is 493. The maximum absolute atomic E-state index is 12.2. The van der Waals surface area contributed by atoms with Gasteiger partial charge in [0.05, 0.1) is 17.1 Å². The Balaban J connectivity index is 2.42. The summed E-state index contributed by atoms with van der Waals surface area (Å²) in [6, 6.07) is 3.69. The zero-order chi connectivity index (χ0) is 13.1. The second-order valence-corrected chi connectivity index (χ2v) is 5.66. The van der Waals surface area contributed by atoms with E-state index < -0.39 is 0 Å². The number of aliphatic hydroxyl groups is 1. The first kappa shape index (κ1) is 13.3. The van der Waals surface area contributed by atoms with Gasteiger partial charge in [0, 0.05) is 17.2 Å². The van der Waals surface area contributed by atoms with Crippen LogP contribution in [0.2, 0.25) is 0 Å². The predicted molar refractivity (Wildman–Crippen MR) is 73.2 cm³/mol. The molecule has 0 fully saturated rings. The van der Waals surface area contributed by atoms with Crippen LogP contribution in [-0.4, -0.2) is 40.7 Å². The molecule has 1 aliphatic heterocycles. The molecular formula is C12H13NO3S2. The van der Waals surface area contributed by atoms with Crippen molar-refractivity contribution in [1.82, 2.24) is 4.90 Å². The standard InChI is InChI=1S/C12H13NO3S2/c1-2-13-11(15)9(8-4-3-6-17-8)10(12(13)16)18-7-5-14/h3-4,6,14H,2,5,7H2,1H3. The highest BCUT2D eigenvalue weighted by Crippen LogP contribution is 2.37. The Morgan fingerprint density at radius 2 is 2.17 bits per heavy atom. The summed E-state index contributed by atoms with van der Waals surface area (Å²) < 4.78 is 0. The summed E-state index contributed by atoms with van der Waals surface area (Å²) in [5, 5.41) is 10.7. The number of amides is 2. The molecule has 2 rings (SSSR count). The van der Waals surface area contributed by atoms with Crippen molar-refractivity contribution in [3.8, 4) is 0 Å². The van der Waals surface area contributed by atoms with E-state index in [1.807, 2.05) is 17.5 Å². The maximum atomic E-state index is 12.2. The second kappa shape index (κ2) is 5.69. The van der Waals surface area contributed by atoms with Crippen molar-refractivity contribution in [1.29, 1.82) is 0 Å². The summed E-state index contributed by atoms with van der Waals surface area (Å²) in [5.74, 6) is -0.0596. The summed E-state index contributed by atoms with van der Waals surface area (Å²) in [7, 11) is 0. The van der Waals surface area contributed by atoms with Crippen molar-refractivity contribution in [2.45, 2.75) is 6.92 Å². The molecule has 1 N–H and O–H groups in total. The lowest BCUT2D eigenvalue weighted by Crippen LogP contribution is -2.31. The van der Waals surface area contributed by atoms with Crippen LogP contribution in [0.3, 0.4) is 0 Å². The van der Waals surface area contributed by atoms with Gasteiger partial charge in [-0.15, -0.1) is 23.1 Å². The van der Waals surface area contributed by atoms with E-state index in [0.29, 0.717) is 22.8 Å². The van der Waals surface area contributed by atoms with Gasteiger partial charge in [0.25, 0.3) is 11.8 Å². The minimum Gasteiger partial charge on any atom is -0.396 e. The molecule has 1 aromatic heterocycles. The lowest BCUT2D eigenvalue weighted by molar-refractivity contribution is -0.136. The van der Waals surface area contributed by atoms with Crippen molar-refractivity contribution in [2.75, 3.05) is 18.9 Å². The molecule has 2 amide bonds. The minimum absolute atomic E-state index is 0.0144. The van der Waals surface area contributed by atoms with E-state index in [0.717, 1.165) is 4.88 Å². The van der Waals surface area contributed by atoms with Crippen molar-refractivity contribution in [3.63, 3.8) is 0 Å². The molecule has 0 unspecified atom stereocenters. The molecule has 0 saturated carbocycles. The Labute approximate surface area is 113 Å². The molecule has 18 heavy (non-hydrogen) atoms. The first-order chi connectivity index (χ1) is 8.70. The minimum atomic E-state index is -0.246. The third-order valence-electron chi connectivity index (χ3n) is 2.55. The molecule has 0 atom stereocenters. The summed E-state index contributed by atoms with van der Waals surface area (Å²) in [4.78, 5) is 26.8. The molecule has 4 nitrogen and oxygen atoms in total. The molecule has 0 bridgehead atoms. The van der Waals surface area contributed by atoms with Gasteiger partial charge in [-0.05, 0) is 18.4 Å². The number of thioether (sulfide) groups is 1. The lowest BCUT2D eigenvalue weighted by Gasteiger charge is -2.10. The highest BCUT2D eigenvalue weighted by atomic mass is 32.2. The van der Waals surface area contributed by atoms with E-state index in [9.17, 15) is 9.59 Å². The van der Waals surface area contributed by atoms with E-state index in [2.05, 4.69) is 0 Å². The van der Waals surface area contributed by atoms with Gasteiger partial charge in [0.2, 0.25) is 0 Å². The molecule has 0 radical (unpaired) electrons. The number of nitrogens with zero attached hydrogens (tertiary/aromatic N) is 1. The molecule has 0 saturated heterocycles. The molecular weight excluding hydrogens is 270 g/mol. The monoisotopic (exact) mass is 283 g/mol. The van der Waals surface area contributed by atoms with E-state index >= 15 is 0 Å². The largest absolute Gasteiger partial charge is 0.396 e. The highest BCUT2D eigenvalue weighted by Gasteiger charge is 2.38. The summed E-state index contributed by atoms with van der Waals surface area (Å²) >= 11 is 2.69. The highest BCUT2D eigenvalue weighted by molar-refractivity contribution is 8.04. The average molecular weight is 283 g/mol. The lowest BCUT2D eigenvalue weighted by atomic mass is 10.2. The van der Waals surface area contributed by atoms with Crippen molar-refractivity contribution in [3.05, 3.63) is 27.3 Å². The van der Waals surface area contributed by atoms with Crippen LogP contribution in [0.15, 0.2) is 22.4 Å². The van der Waals surface area contributed by atoms with Gasteiger partial charge in [-0.2, -0.15) is 0 Å². The Morgan fingerprint density at radius 3 is 2.72 bits per heavy atom. The molecule has 96 valence electrons. The second-order valence-electron chi connectivity index (χ2n) is 3.61. The fraction of sp³-hybridized carbons (Fsp3) is 0.333. The number of hydrogen-bond acceptors (Lipinski definition) is 5. The smallest absolute Gasteiger partial charge is 0.268 e. The third kappa shape index (κ3) is 2.23. The number of rotatable bonds is 5. The van der Waals surface area contributed by atoms with Crippen LogP contribution < -0.4 is 0 Å². The van der Waals surface area contributed by atoms with Crippen molar-refractivity contribution in [2.24, 2.45) is 0 Å². The SMILES string of the molecule is CCN1C(=O)C(SCCO)=C(c2cccs2)C1=O. The van der Waals surface area contributed by atoms with Crippen LogP contribution in [0.25, 0.3) is 5.57 Å². The molecule has 1 aliphatic rings. The fourth-order valence-electron chi connectivity index (χ4n) is 1.76. The number of aliphatic hydroxyl groups excluding tert-OH is 1. The first-order valence-corrected chi connectivity index (χ1v) is 7.45. The number of thiophene rings is 1. The van der Waals surface area contributed by atoms with Gasteiger partial charge in [-0.3, -0.25) is 14.5 Å². The zero-order valence-corrected chi connectivity index (χ0v) is 11.5. The van der Waals surface area contributed by atoms with Gasteiger partial charge >= 0.3 is 0 Å². The fourth-order valence-corrected chi connectivity index (χ4v) is 3.46. The number of imide groups is 1. The van der Waals surface area contributed by atoms with Gasteiger partial charge in [0.15, 0.2) is 0 Å². The van der Waals surface area contributed by atoms with Crippen LogP contribution in [0, 0.1) is 0 Å². The van der Waals surface area contributed by atoms with E-state index in [1.54, 1.807) is 6.92 Å². The zero-order valence-electron chi connectivity index (χ0n) is 9.88. The molecule has 0 aliphatic carbocycles. The molecule has 0 aromatic carbocycles. The van der Waals surface area contributed by atoms with E-state index in [-0.39, 0.29) is 18.4 Å². The topological polar surface area (TPSA) is 57.6 Å².